The third-order valence-electron chi connectivity index (χ3n) is 3.63. The van der Waals surface area contributed by atoms with Crippen LogP contribution in [0.3, 0.4) is 0 Å². The molecule has 0 radical (unpaired) electrons. The van der Waals surface area contributed by atoms with Crippen molar-refractivity contribution in [2.45, 2.75) is 20.3 Å². The van der Waals surface area contributed by atoms with E-state index in [2.05, 4.69) is 26.8 Å². The Hall–Kier alpha value is -0.870. The van der Waals surface area contributed by atoms with Gasteiger partial charge in [0.15, 0.2) is 11.0 Å². The van der Waals surface area contributed by atoms with E-state index in [4.69, 9.17) is 11.6 Å². The first-order valence-electron chi connectivity index (χ1n) is 6.37. The average molecular weight is 269 g/mol. The zero-order valence-corrected chi connectivity index (χ0v) is 12.3. The summed E-state index contributed by atoms with van der Waals surface area (Å²) in [6, 6.07) is 0. The van der Waals surface area contributed by atoms with E-state index in [1.54, 1.807) is 0 Å². The lowest BCUT2D eigenvalue weighted by atomic mass is 10.1. The molecule has 0 N–H and O–H groups in total. The quantitative estimate of drug-likeness (QED) is 0.841. The molecule has 1 atom stereocenters. The van der Waals surface area contributed by atoms with E-state index in [1.165, 1.54) is 13.0 Å². The van der Waals surface area contributed by atoms with Crippen molar-refractivity contribution >= 4 is 17.4 Å². The maximum Gasteiger partial charge on any atom is 0.171 e. The van der Waals surface area contributed by atoms with Crippen molar-refractivity contribution in [2.75, 3.05) is 38.6 Å². The Morgan fingerprint density at radius 1 is 1.33 bits per heavy atom. The molecule has 100 valence electrons. The van der Waals surface area contributed by atoms with Crippen LogP contribution in [0.15, 0.2) is 0 Å². The van der Waals surface area contributed by atoms with Crippen LogP contribution in [-0.4, -0.2) is 48.6 Å². The maximum atomic E-state index is 6.18. The van der Waals surface area contributed by atoms with Crippen LogP contribution in [-0.2, 0) is 0 Å². The fraction of sp³-hybridized carbons (Fsp3) is 0.692. The number of nitrogens with zero attached hydrogens (tertiary/aromatic N) is 4. The standard InChI is InChI=1S/C13H21ClN4/c1-9-10(2)16-13(12(14)15-9)18(4)8-11-5-6-17(3)7-11/h11H,5-8H2,1-4H3. The Morgan fingerprint density at radius 3 is 2.61 bits per heavy atom. The minimum atomic E-state index is 0.506. The molecule has 2 rings (SSSR count). The number of anilines is 1. The number of aromatic nitrogens is 2. The van der Waals surface area contributed by atoms with Gasteiger partial charge in [-0.2, -0.15) is 0 Å². The van der Waals surface area contributed by atoms with E-state index in [0.717, 1.165) is 30.3 Å². The molecule has 0 saturated carbocycles. The summed E-state index contributed by atoms with van der Waals surface area (Å²) in [5.41, 5.74) is 1.85. The first kappa shape index (κ1) is 13.6. The molecule has 1 saturated heterocycles. The highest BCUT2D eigenvalue weighted by Gasteiger charge is 2.22. The van der Waals surface area contributed by atoms with E-state index < -0.39 is 0 Å². The highest BCUT2D eigenvalue weighted by atomic mass is 35.5. The van der Waals surface area contributed by atoms with Gasteiger partial charge in [-0.3, -0.25) is 0 Å². The molecular weight excluding hydrogens is 248 g/mol. The second kappa shape index (κ2) is 5.41. The minimum absolute atomic E-state index is 0.506. The molecule has 1 fully saturated rings. The number of rotatable bonds is 3. The highest BCUT2D eigenvalue weighted by Crippen LogP contribution is 2.24. The summed E-state index contributed by atoms with van der Waals surface area (Å²) in [6.07, 6.45) is 1.25. The molecular formula is C13H21ClN4. The van der Waals surface area contributed by atoms with E-state index in [9.17, 15) is 0 Å². The van der Waals surface area contributed by atoms with Crippen molar-refractivity contribution in [1.29, 1.82) is 0 Å². The molecule has 18 heavy (non-hydrogen) atoms. The molecule has 0 amide bonds. The van der Waals surface area contributed by atoms with Crippen molar-refractivity contribution in [3.63, 3.8) is 0 Å². The lowest BCUT2D eigenvalue weighted by molar-refractivity contribution is 0.395. The lowest BCUT2D eigenvalue weighted by Crippen LogP contribution is -2.28. The van der Waals surface area contributed by atoms with Crippen LogP contribution in [0.2, 0.25) is 5.15 Å². The van der Waals surface area contributed by atoms with Gasteiger partial charge in [-0.25, -0.2) is 9.97 Å². The number of aryl methyl sites for hydroxylation is 2. The largest absolute Gasteiger partial charge is 0.357 e. The van der Waals surface area contributed by atoms with Crippen LogP contribution in [0, 0.1) is 19.8 Å². The zero-order chi connectivity index (χ0) is 13.3. The summed E-state index contributed by atoms with van der Waals surface area (Å²) in [4.78, 5) is 13.4. The number of likely N-dealkylation sites (tertiary alicyclic amines) is 1. The predicted octanol–water partition coefficient (Wildman–Crippen LogP) is 2.13. The number of halogens is 1. The fourth-order valence-electron chi connectivity index (χ4n) is 2.46. The molecule has 0 aliphatic carbocycles. The normalized spacial score (nSPS) is 20.4. The molecule has 1 aliphatic heterocycles. The number of hydrogen-bond donors (Lipinski definition) is 0. The second-order valence-corrected chi connectivity index (χ2v) is 5.66. The molecule has 0 aromatic carbocycles. The summed E-state index contributed by atoms with van der Waals surface area (Å²) in [6.45, 7) is 7.23. The monoisotopic (exact) mass is 268 g/mol. The zero-order valence-electron chi connectivity index (χ0n) is 11.6. The van der Waals surface area contributed by atoms with E-state index in [1.807, 2.05) is 20.9 Å². The van der Waals surface area contributed by atoms with Gasteiger partial charge < -0.3 is 9.80 Å². The van der Waals surface area contributed by atoms with Crippen LogP contribution in [0.1, 0.15) is 17.8 Å². The summed E-state index contributed by atoms with van der Waals surface area (Å²) in [5.74, 6) is 1.49. The summed E-state index contributed by atoms with van der Waals surface area (Å²) >= 11 is 6.18. The SMILES string of the molecule is Cc1nc(Cl)c(N(C)CC2CCN(C)C2)nc1C. The van der Waals surface area contributed by atoms with E-state index >= 15 is 0 Å². The molecule has 0 bridgehead atoms. The van der Waals surface area contributed by atoms with Gasteiger partial charge in [-0.15, -0.1) is 0 Å². The number of hydrogen-bond acceptors (Lipinski definition) is 4. The molecule has 1 aliphatic rings. The summed E-state index contributed by atoms with van der Waals surface area (Å²) in [5, 5.41) is 0.506. The second-order valence-electron chi connectivity index (χ2n) is 5.31. The Labute approximate surface area is 114 Å². The molecule has 5 heteroatoms. The molecule has 4 nitrogen and oxygen atoms in total. The Balaban J connectivity index is 2.09. The van der Waals surface area contributed by atoms with Gasteiger partial charge >= 0.3 is 0 Å². The molecule has 1 unspecified atom stereocenters. The van der Waals surface area contributed by atoms with Crippen LogP contribution in [0.25, 0.3) is 0 Å². The molecule has 1 aromatic rings. The summed E-state index contributed by atoms with van der Waals surface area (Å²) in [7, 11) is 4.21. The topological polar surface area (TPSA) is 32.3 Å². The van der Waals surface area contributed by atoms with Gasteiger partial charge in [0.2, 0.25) is 0 Å². The Kier molecular flexibility index (Phi) is 4.07. The predicted molar refractivity (Wildman–Crippen MR) is 75.4 cm³/mol. The van der Waals surface area contributed by atoms with Crippen LogP contribution < -0.4 is 4.90 Å². The van der Waals surface area contributed by atoms with Gasteiger partial charge in [-0.1, -0.05) is 11.6 Å². The fourth-order valence-corrected chi connectivity index (χ4v) is 2.77. The smallest absolute Gasteiger partial charge is 0.171 e. The van der Waals surface area contributed by atoms with Crippen LogP contribution in [0.5, 0.6) is 0 Å². The van der Waals surface area contributed by atoms with Crippen molar-refractivity contribution in [3.8, 4) is 0 Å². The maximum absolute atomic E-state index is 6.18. The highest BCUT2D eigenvalue weighted by molar-refractivity contribution is 6.31. The average Bonchev–Trinajstić information content (AvgIpc) is 2.69. The third-order valence-corrected chi connectivity index (χ3v) is 3.88. The Bertz CT molecular complexity index is 435. The Morgan fingerprint density at radius 2 is 2.00 bits per heavy atom. The first-order chi connectivity index (χ1) is 8.47. The lowest BCUT2D eigenvalue weighted by Gasteiger charge is -2.23. The minimum Gasteiger partial charge on any atom is -0.357 e. The van der Waals surface area contributed by atoms with Crippen molar-refractivity contribution in [3.05, 3.63) is 16.5 Å². The summed E-state index contributed by atoms with van der Waals surface area (Å²) < 4.78 is 0. The van der Waals surface area contributed by atoms with Crippen LogP contribution in [0.4, 0.5) is 5.82 Å². The van der Waals surface area contributed by atoms with Gasteiger partial charge in [-0.05, 0) is 39.8 Å². The molecule has 1 aromatic heterocycles. The van der Waals surface area contributed by atoms with E-state index in [-0.39, 0.29) is 0 Å². The van der Waals surface area contributed by atoms with Gasteiger partial charge in [0.05, 0.1) is 11.4 Å². The van der Waals surface area contributed by atoms with Gasteiger partial charge in [0.1, 0.15) is 0 Å². The van der Waals surface area contributed by atoms with Crippen molar-refractivity contribution < 1.29 is 0 Å². The first-order valence-corrected chi connectivity index (χ1v) is 6.75. The van der Waals surface area contributed by atoms with E-state index in [0.29, 0.717) is 11.1 Å². The van der Waals surface area contributed by atoms with Crippen molar-refractivity contribution in [2.24, 2.45) is 5.92 Å². The molecule has 0 spiro atoms. The van der Waals surface area contributed by atoms with Gasteiger partial charge in [0.25, 0.3) is 0 Å². The third kappa shape index (κ3) is 2.93. The molecule has 2 heterocycles. The van der Waals surface area contributed by atoms with Gasteiger partial charge in [0, 0.05) is 20.1 Å². The van der Waals surface area contributed by atoms with Crippen LogP contribution >= 0.6 is 11.6 Å². The van der Waals surface area contributed by atoms with Crippen molar-refractivity contribution in [1.82, 2.24) is 14.9 Å².